The van der Waals surface area contributed by atoms with Crippen LogP contribution < -0.4 is 9.47 Å². The highest BCUT2D eigenvalue weighted by molar-refractivity contribution is 5.68. The van der Waals surface area contributed by atoms with E-state index < -0.39 is 0 Å². The van der Waals surface area contributed by atoms with Gasteiger partial charge in [-0.3, -0.25) is 4.90 Å². The van der Waals surface area contributed by atoms with Crippen LogP contribution in [0.1, 0.15) is 42.7 Å². The number of aryl methyl sites for hydroxylation is 2. The Morgan fingerprint density at radius 3 is 2.65 bits per heavy atom. The monoisotopic (exact) mass is 420 g/mol. The minimum Gasteiger partial charge on any atom is -0.493 e. The maximum Gasteiger partial charge on any atom is 0.230 e. The van der Waals surface area contributed by atoms with Crippen LogP contribution in [0.5, 0.6) is 11.5 Å². The minimum atomic E-state index is 0.583. The summed E-state index contributed by atoms with van der Waals surface area (Å²) in [6, 6.07) is 17.1. The fraction of sp³-hybridized carbons (Fsp3) is 0.423. The number of para-hydroxylation sites is 1. The van der Waals surface area contributed by atoms with Gasteiger partial charge in [-0.15, -0.1) is 0 Å². The number of piperidine rings is 1. The summed E-state index contributed by atoms with van der Waals surface area (Å²) in [7, 11) is 3.28. The third-order valence-electron chi connectivity index (χ3n) is 6.24. The van der Waals surface area contributed by atoms with E-state index in [9.17, 15) is 0 Å². The molecule has 0 aliphatic carbocycles. The molecule has 1 atom stereocenters. The molecular weight excluding hydrogens is 388 g/mol. The molecule has 1 saturated heterocycles. The summed E-state index contributed by atoms with van der Waals surface area (Å²) in [5.41, 5.74) is 3.24. The molecule has 1 aromatic heterocycles. The van der Waals surface area contributed by atoms with E-state index in [-0.39, 0.29) is 0 Å². The topological polar surface area (TPSA) is 47.7 Å². The first-order valence-corrected chi connectivity index (χ1v) is 11.1. The normalized spacial score (nSPS) is 16.9. The molecule has 31 heavy (non-hydrogen) atoms. The van der Waals surface area contributed by atoms with Crippen molar-refractivity contribution >= 4 is 0 Å². The Kier molecular flexibility index (Phi) is 6.92. The zero-order valence-corrected chi connectivity index (χ0v) is 18.8. The SMILES string of the molecule is COc1cccc(-c2nc(CN3CCCCC3CCc3ccccc3)c(C)o2)c1OC. The van der Waals surface area contributed by atoms with Gasteiger partial charge < -0.3 is 13.9 Å². The molecule has 3 aromatic rings. The van der Waals surface area contributed by atoms with Gasteiger partial charge in [0.05, 0.1) is 25.5 Å². The number of aromatic nitrogens is 1. The molecule has 5 nitrogen and oxygen atoms in total. The van der Waals surface area contributed by atoms with Gasteiger partial charge in [0.2, 0.25) is 5.89 Å². The average Bonchev–Trinajstić information content (AvgIpc) is 3.18. The Morgan fingerprint density at radius 1 is 1.03 bits per heavy atom. The Labute approximate surface area is 185 Å². The van der Waals surface area contributed by atoms with E-state index in [1.807, 2.05) is 25.1 Å². The van der Waals surface area contributed by atoms with Crippen LogP contribution in [0.25, 0.3) is 11.5 Å². The zero-order valence-electron chi connectivity index (χ0n) is 18.8. The van der Waals surface area contributed by atoms with Crippen LogP contribution in [-0.2, 0) is 13.0 Å². The van der Waals surface area contributed by atoms with Crippen molar-refractivity contribution < 1.29 is 13.9 Å². The molecule has 164 valence electrons. The molecule has 0 amide bonds. The highest BCUT2D eigenvalue weighted by Gasteiger charge is 2.25. The van der Waals surface area contributed by atoms with Gasteiger partial charge in [0.15, 0.2) is 11.5 Å². The van der Waals surface area contributed by atoms with Crippen molar-refractivity contribution in [2.45, 2.75) is 51.6 Å². The fourth-order valence-electron chi connectivity index (χ4n) is 4.51. The van der Waals surface area contributed by atoms with Gasteiger partial charge in [-0.2, -0.15) is 0 Å². The fourth-order valence-corrected chi connectivity index (χ4v) is 4.51. The summed E-state index contributed by atoms with van der Waals surface area (Å²) < 4.78 is 17.1. The van der Waals surface area contributed by atoms with E-state index in [2.05, 4.69) is 35.2 Å². The number of likely N-dealkylation sites (tertiary alicyclic amines) is 1. The second-order valence-corrected chi connectivity index (χ2v) is 8.21. The van der Waals surface area contributed by atoms with E-state index in [0.29, 0.717) is 23.4 Å². The number of ether oxygens (including phenoxy) is 2. The number of nitrogens with zero attached hydrogens (tertiary/aromatic N) is 2. The van der Waals surface area contributed by atoms with Gasteiger partial charge in [-0.1, -0.05) is 42.8 Å². The lowest BCUT2D eigenvalue weighted by Crippen LogP contribution is -2.39. The lowest BCUT2D eigenvalue weighted by molar-refractivity contribution is 0.130. The van der Waals surface area contributed by atoms with Crippen LogP contribution in [0.3, 0.4) is 0 Å². The Bertz CT molecular complexity index is 984. The van der Waals surface area contributed by atoms with Gasteiger partial charge in [-0.25, -0.2) is 4.98 Å². The molecule has 0 radical (unpaired) electrons. The third-order valence-corrected chi connectivity index (χ3v) is 6.24. The van der Waals surface area contributed by atoms with Crippen LogP contribution in [0.2, 0.25) is 0 Å². The molecule has 1 unspecified atom stereocenters. The van der Waals surface area contributed by atoms with Crippen molar-refractivity contribution in [3.05, 3.63) is 65.5 Å². The van der Waals surface area contributed by atoms with E-state index in [4.69, 9.17) is 18.9 Å². The molecule has 1 fully saturated rings. The summed E-state index contributed by atoms with van der Waals surface area (Å²) >= 11 is 0. The van der Waals surface area contributed by atoms with Crippen molar-refractivity contribution in [3.8, 4) is 23.0 Å². The van der Waals surface area contributed by atoms with Crippen molar-refractivity contribution in [2.24, 2.45) is 0 Å². The molecule has 0 N–H and O–H groups in total. The molecule has 2 heterocycles. The smallest absolute Gasteiger partial charge is 0.230 e. The number of benzene rings is 2. The maximum absolute atomic E-state index is 6.08. The van der Waals surface area contributed by atoms with Crippen LogP contribution in [0.15, 0.2) is 52.9 Å². The Morgan fingerprint density at radius 2 is 1.87 bits per heavy atom. The second kappa shape index (κ2) is 10.0. The number of oxazole rings is 1. The van der Waals surface area contributed by atoms with Crippen molar-refractivity contribution in [1.82, 2.24) is 9.88 Å². The number of hydrogen-bond donors (Lipinski definition) is 0. The summed E-state index contributed by atoms with van der Waals surface area (Å²) in [5.74, 6) is 2.78. The zero-order chi connectivity index (χ0) is 21.6. The lowest BCUT2D eigenvalue weighted by Gasteiger charge is -2.35. The summed E-state index contributed by atoms with van der Waals surface area (Å²) in [5, 5.41) is 0. The quantitative estimate of drug-likeness (QED) is 0.471. The molecule has 0 saturated carbocycles. The molecule has 5 heteroatoms. The van der Waals surface area contributed by atoms with Gasteiger partial charge in [0, 0.05) is 12.6 Å². The van der Waals surface area contributed by atoms with E-state index in [1.165, 1.54) is 31.2 Å². The van der Waals surface area contributed by atoms with E-state index in [1.54, 1.807) is 14.2 Å². The highest BCUT2D eigenvalue weighted by atomic mass is 16.5. The maximum atomic E-state index is 6.08. The summed E-state index contributed by atoms with van der Waals surface area (Å²) in [6.45, 7) is 3.94. The average molecular weight is 421 g/mol. The summed E-state index contributed by atoms with van der Waals surface area (Å²) in [6.07, 6.45) is 6.10. The molecule has 4 rings (SSSR count). The predicted octanol–water partition coefficient (Wildman–Crippen LogP) is 5.65. The second-order valence-electron chi connectivity index (χ2n) is 8.21. The Balaban J connectivity index is 1.50. The van der Waals surface area contributed by atoms with Gasteiger partial charge >= 0.3 is 0 Å². The first-order valence-electron chi connectivity index (χ1n) is 11.1. The largest absolute Gasteiger partial charge is 0.493 e. The van der Waals surface area contributed by atoms with Crippen LogP contribution >= 0.6 is 0 Å². The molecule has 0 bridgehead atoms. The minimum absolute atomic E-state index is 0.583. The highest BCUT2D eigenvalue weighted by Crippen LogP contribution is 2.38. The lowest BCUT2D eigenvalue weighted by atomic mass is 9.95. The predicted molar refractivity (Wildman–Crippen MR) is 123 cm³/mol. The number of hydrogen-bond acceptors (Lipinski definition) is 5. The first-order chi connectivity index (χ1) is 15.2. The molecule has 1 aliphatic heterocycles. The summed E-state index contributed by atoms with van der Waals surface area (Å²) in [4.78, 5) is 7.45. The van der Waals surface area contributed by atoms with Gasteiger partial charge in [0.1, 0.15) is 5.76 Å². The Hall–Kier alpha value is -2.79. The molecule has 2 aromatic carbocycles. The van der Waals surface area contributed by atoms with Crippen LogP contribution in [0.4, 0.5) is 0 Å². The van der Waals surface area contributed by atoms with Crippen molar-refractivity contribution in [3.63, 3.8) is 0 Å². The standard InChI is InChI=1S/C26H32N2O3/c1-19-23(27-26(31-19)22-13-9-14-24(29-2)25(22)30-3)18-28-17-8-7-12-21(28)16-15-20-10-5-4-6-11-20/h4-6,9-11,13-14,21H,7-8,12,15-18H2,1-3H3. The van der Waals surface area contributed by atoms with Gasteiger partial charge in [0.25, 0.3) is 0 Å². The van der Waals surface area contributed by atoms with Gasteiger partial charge in [-0.05, 0) is 56.8 Å². The first kappa shape index (κ1) is 21.4. The van der Waals surface area contributed by atoms with E-state index in [0.717, 1.165) is 36.5 Å². The van der Waals surface area contributed by atoms with Crippen molar-refractivity contribution in [2.75, 3.05) is 20.8 Å². The number of methoxy groups -OCH3 is 2. The number of rotatable bonds is 8. The molecule has 1 aliphatic rings. The molecular formula is C26H32N2O3. The molecule has 0 spiro atoms. The third kappa shape index (κ3) is 4.93. The van der Waals surface area contributed by atoms with Crippen LogP contribution in [0, 0.1) is 6.92 Å². The van der Waals surface area contributed by atoms with Crippen molar-refractivity contribution in [1.29, 1.82) is 0 Å². The van der Waals surface area contributed by atoms with E-state index >= 15 is 0 Å². The van der Waals surface area contributed by atoms with Crippen LogP contribution in [-0.4, -0.2) is 36.7 Å².